The van der Waals surface area contributed by atoms with E-state index < -0.39 is 0 Å². The Balaban J connectivity index is 1.14. The summed E-state index contributed by atoms with van der Waals surface area (Å²) in [7, 11) is 0. The highest BCUT2D eigenvalue weighted by atomic mass is 19.1. The molecule has 5 nitrogen and oxygen atoms in total. The minimum Gasteiger partial charge on any atom is -0.489 e. The zero-order valence-corrected chi connectivity index (χ0v) is 19.1. The van der Waals surface area contributed by atoms with Gasteiger partial charge in [-0.2, -0.15) is 5.10 Å². The molecular weight excluding hydrogens is 417 g/mol. The van der Waals surface area contributed by atoms with E-state index in [1.54, 1.807) is 6.07 Å². The summed E-state index contributed by atoms with van der Waals surface area (Å²) in [6.45, 7) is 5.66. The second-order valence-corrected chi connectivity index (χ2v) is 10.1. The van der Waals surface area contributed by atoms with Crippen LogP contribution in [0.4, 0.5) is 4.39 Å². The van der Waals surface area contributed by atoms with Gasteiger partial charge in [-0.3, -0.25) is 4.79 Å². The van der Waals surface area contributed by atoms with Crippen molar-refractivity contribution in [3.63, 3.8) is 0 Å². The average Bonchev–Trinajstić information content (AvgIpc) is 3.46. The number of aryl methyl sites for hydroxylation is 2. The molecule has 170 valence electrons. The van der Waals surface area contributed by atoms with Crippen LogP contribution in [0, 0.1) is 25.1 Å². The van der Waals surface area contributed by atoms with Gasteiger partial charge in [-0.1, -0.05) is 18.2 Å². The van der Waals surface area contributed by atoms with Gasteiger partial charge in [0.1, 0.15) is 11.6 Å². The summed E-state index contributed by atoms with van der Waals surface area (Å²) < 4.78 is 21.7. The SMILES string of the molecule is Cc1cc(C2CC3(C2)CN(C(=O)c2ccc(F)cc2OC2CC2)C3)n(-c2ccccc2C)n1. The highest BCUT2D eigenvalue weighted by Gasteiger charge is 2.55. The molecule has 2 heterocycles. The van der Waals surface area contributed by atoms with Gasteiger partial charge in [-0.15, -0.1) is 0 Å². The van der Waals surface area contributed by atoms with Crippen molar-refractivity contribution >= 4 is 5.91 Å². The second-order valence-electron chi connectivity index (χ2n) is 10.1. The minimum absolute atomic E-state index is 0.0551. The Morgan fingerprint density at radius 1 is 1.09 bits per heavy atom. The molecule has 1 aromatic heterocycles. The fourth-order valence-corrected chi connectivity index (χ4v) is 5.47. The number of benzene rings is 2. The minimum atomic E-state index is -0.371. The third kappa shape index (κ3) is 3.62. The first-order valence-electron chi connectivity index (χ1n) is 11.8. The summed E-state index contributed by atoms with van der Waals surface area (Å²) in [6, 6.07) is 14.8. The molecule has 1 amide bonds. The Bertz CT molecular complexity index is 1230. The molecule has 6 rings (SSSR count). The van der Waals surface area contributed by atoms with E-state index >= 15 is 0 Å². The molecule has 3 aliphatic rings. The molecule has 0 unspecified atom stereocenters. The van der Waals surface area contributed by atoms with E-state index in [0.29, 0.717) is 17.2 Å². The van der Waals surface area contributed by atoms with Crippen molar-refractivity contribution in [2.45, 2.75) is 51.6 Å². The lowest BCUT2D eigenvalue weighted by atomic mass is 9.57. The van der Waals surface area contributed by atoms with Crippen molar-refractivity contribution < 1.29 is 13.9 Å². The fourth-order valence-electron chi connectivity index (χ4n) is 5.47. The molecule has 1 saturated heterocycles. The van der Waals surface area contributed by atoms with Gasteiger partial charge >= 0.3 is 0 Å². The van der Waals surface area contributed by atoms with Crippen LogP contribution >= 0.6 is 0 Å². The molecule has 2 aromatic carbocycles. The van der Waals surface area contributed by atoms with Crippen LogP contribution in [-0.2, 0) is 0 Å². The van der Waals surface area contributed by atoms with Crippen molar-refractivity contribution in [2.24, 2.45) is 5.41 Å². The summed E-state index contributed by atoms with van der Waals surface area (Å²) in [5.41, 5.74) is 5.29. The van der Waals surface area contributed by atoms with Gasteiger partial charge in [0.05, 0.1) is 23.0 Å². The van der Waals surface area contributed by atoms with Crippen LogP contribution < -0.4 is 4.74 Å². The number of rotatable bonds is 5. The fraction of sp³-hybridized carbons (Fsp3) is 0.407. The molecule has 1 aliphatic heterocycles. The number of amides is 1. The molecule has 0 N–H and O–H groups in total. The van der Waals surface area contributed by atoms with Crippen LogP contribution in [0.2, 0.25) is 0 Å². The number of nitrogens with zero attached hydrogens (tertiary/aromatic N) is 3. The van der Waals surface area contributed by atoms with Crippen LogP contribution in [0.25, 0.3) is 5.69 Å². The van der Waals surface area contributed by atoms with Crippen molar-refractivity contribution in [3.8, 4) is 11.4 Å². The number of halogens is 1. The molecule has 0 bridgehead atoms. The van der Waals surface area contributed by atoms with Crippen LogP contribution in [0.1, 0.15) is 58.9 Å². The van der Waals surface area contributed by atoms with E-state index in [-0.39, 0.29) is 23.2 Å². The Hall–Kier alpha value is -3.15. The van der Waals surface area contributed by atoms with E-state index in [1.807, 2.05) is 11.8 Å². The van der Waals surface area contributed by atoms with Crippen LogP contribution in [0.3, 0.4) is 0 Å². The van der Waals surface area contributed by atoms with Crippen LogP contribution in [0.5, 0.6) is 5.75 Å². The van der Waals surface area contributed by atoms with Crippen molar-refractivity contribution in [3.05, 3.63) is 76.9 Å². The lowest BCUT2D eigenvalue weighted by Crippen LogP contribution is -2.63. The monoisotopic (exact) mass is 445 g/mol. The molecule has 3 fully saturated rings. The summed E-state index contributed by atoms with van der Waals surface area (Å²) in [5.74, 6) is 0.403. The summed E-state index contributed by atoms with van der Waals surface area (Å²) in [4.78, 5) is 15.0. The molecule has 33 heavy (non-hydrogen) atoms. The normalized spacial score (nSPS) is 19.3. The number of hydrogen-bond acceptors (Lipinski definition) is 3. The maximum absolute atomic E-state index is 13.7. The quantitative estimate of drug-likeness (QED) is 0.543. The molecular formula is C27H28FN3O2. The van der Waals surface area contributed by atoms with Gasteiger partial charge in [0.25, 0.3) is 5.91 Å². The highest BCUT2D eigenvalue weighted by molar-refractivity contribution is 5.97. The number of carbonyl (C=O) groups is 1. The first kappa shape index (κ1) is 20.5. The second kappa shape index (κ2) is 7.44. The van der Waals surface area contributed by atoms with Gasteiger partial charge in [0.2, 0.25) is 0 Å². The number of hydrogen-bond donors (Lipinski definition) is 0. The number of likely N-dealkylation sites (tertiary alicyclic amines) is 1. The molecule has 2 saturated carbocycles. The zero-order chi connectivity index (χ0) is 22.7. The third-order valence-corrected chi connectivity index (χ3v) is 7.31. The maximum Gasteiger partial charge on any atom is 0.257 e. The topological polar surface area (TPSA) is 47.4 Å². The Kier molecular flexibility index (Phi) is 4.61. The Morgan fingerprint density at radius 3 is 2.58 bits per heavy atom. The molecule has 2 aliphatic carbocycles. The first-order chi connectivity index (χ1) is 15.9. The standard InChI is InChI=1S/C27H28FN3O2/c1-17-5-3-4-6-23(17)31-24(11-18(2)29-31)19-13-27(14-19)15-30(16-27)26(32)22-10-7-20(28)12-25(22)33-21-8-9-21/h3-7,10-12,19,21H,8-9,13-16H2,1-2H3. The Morgan fingerprint density at radius 2 is 1.85 bits per heavy atom. The number of aromatic nitrogens is 2. The molecule has 1 spiro atoms. The predicted octanol–water partition coefficient (Wildman–Crippen LogP) is 5.19. The number of ether oxygens (including phenoxy) is 1. The maximum atomic E-state index is 13.7. The smallest absolute Gasteiger partial charge is 0.257 e. The molecule has 3 aromatic rings. The van der Waals surface area contributed by atoms with Crippen molar-refractivity contribution in [2.75, 3.05) is 13.1 Å². The first-order valence-corrected chi connectivity index (χ1v) is 11.8. The van der Waals surface area contributed by atoms with Crippen LogP contribution in [-0.4, -0.2) is 39.8 Å². The number of carbonyl (C=O) groups excluding carboxylic acids is 1. The van der Waals surface area contributed by atoms with Gasteiger partial charge in [0.15, 0.2) is 0 Å². The van der Waals surface area contributed by atoms with Gasteiger partial charge in [0, 0.05) is 36.2 Å². The van der Waals surface area contributed by atoms with Crippen molar-refractivity contribution in [1.82, 2.24) is 14.7 Å². The highest BCUT2D eigenvalue weighted by Crippen LogP contribution is 2.56. The lowest BCUT2D eigenvalue weighted by Gasteiger charge is -2.59. The van der Waals surface area contributed by atoms with Crippen LogP contribution in [0.15, 0.2) is 48.5 Å². The molecule has 6 heteroatoms. The predicted molar refractivity (Wildman–Crippen MR) is 123 cm³/mol. The van der Waals surface area contributed by atoms with Gasteiger partial charge in [-0.05, 0) is 69.4 Å². The van der Waals surface area contributed by atoms with Gasteiger partial charge < -0.3 is 9.64 Å². The summed E-state index contributed by atoms with van der Waals surface area (Å²) in [5, 5.41) is 4.77. The largest absolute Gasteiger partial charge is 0.489 e. The van der Waals surface area contributed by atoms with E-state index in [9.17, 15) is 9.18 Å². The van der Waals surface area contributed by atoms with E-state index in [2.05, 4.69) is 41.9 Å². The average molecular weight is 446 g/mol. The van der Waals surface area contributed by atoms with E-state index in [1.165, 1.54) is 23.4 Å². The molecule has 0 atom stereocenters. The van der Waals surface area contributed by atoms with E-state index in [4.69, 9.17) is 9.84 Å². The Labute approximate surface area is 193 Å². The zero-order valence-electron chi connectivity index (χ0n) is 19.1. The van der Waals surface area contributed by atoms with Gasteiger partial charge in [-0.25, -0.2) is 9.07 Å². The summed E-state index contributed by atoms with van der Waals surface area (Å²) >= 11 is 0. The van der Waals surface area contributed by atoms with E-state index in [0.717, 1.165) is 50.2 Å². The molecule has 0 radical (unpaired) electrons. The van der Waals surface area contributed by atoms with Crippen molar-refractivity contribution in [1.29, 1.82) is 0 Å². The summed E-state index contributed by atoms with van der Waals surface area (Å²) in [6.07, 6.45) is 4.18. The third-order valence-electron chi connectivity index (χ3n) is 7.31. The number of para-hydroxylation sites is 1. The lowest BCUT2D eigenvalue weighted by molar-refractivity contribution is -0.0566.